The Bertz CT molecular complexity index is 1080. The molecule has 5 heteroatoms. The van der Waals surface area contributed by atoms with Crippen molar-refractivity contribution in [3.8, 4) is 5.69 Å². The predicted octanol–water partition coefficient (Wildman–Crippen LogP) is 4.95. The first-order valence-electron chi connectivity index (χ1n) is 8.64. The molecule has 3 aromatic carbocycles. The fourth-order valence-electron chi connectivity index (χ4n) is 3.09. The number of rotatable bonds is 4. The van der Waals surface area contributed by atoms with Gasteiger partial charge >= 0.3 is 0 Å². The highest BCUT2D eigenvalue weighted by Crippen LogP contribution is 2.19. The van der Waals surface area contributed by atoms with E-state index in [1.165, 1.54) is 0 Å². The van der Waals surface area contributed by atoms with Gasteiger partial charge in [-0.05, 0) is 54.1 Å². The molecule has 134 valence electrons. The maximum absolute atomic E-state index is 12.7. The monoisotopic (exact) mass is 375 g/mol. The molecule has 0 fully saturated rings. The minimum Gasteiger partial charge on any atom is -0.337 e. The number of imidazole rings is 1. The van der Waals surface area contributed by atoms with Crippen LogP contribution in [0.1, 0.15) is 15.9 Å². The van der Waals surface area contributed by atoms with Gasteiger partial charge in [0.2, 0.25) is 0 Å². The van der Waals surface area contributed by atoms with Crippen molar-refractivity contribution in [1.29, 1.82) is 0 Å². The van der Waals surface area contributed by atoms with Crippen molar-refractivity contribution in [1.82, 2.24) is 14.5 Å². The molecule has 0 bridgehead atoms. The van der Waals surface area contributed by atoms with Crippen LogP contribution in [0, 0.1) is 0 Å². The Morgan fingerprint density at radius 1 is 1.00 bits per heavy atom. The lowest BCUT2D eigenvalue weighted by Gasteiger charge is -2.17. The Morgan fingerprint density at radius 2 is 1.70 bits per heavy atom. The lowest BCUT2D eigenvalue weighted by Crippen LogP contribution is -2.26. The van der Waals surface area contributed by atoms with Gasteiger partial charge in [-0.2, -0.15) is 0 Å². The van der Waals surface area contributed by atoms with Crippen molar-refractivity contribution in [2.75, 3.05) is 7.05 Å². The molecule has 4 nitrogen and oxygen atoms in total. The quantitative estimate of drug-likeness (QED) is 0.506. The summed E-state index contributed by atoms with van der Waals surface area (Å²) in [6.07, 6.45) is 1.80. The molecule has 0 spiro atoms. The summed E-state index contributed by atoms with van der Waals surface area (Å²) < 4.78 is 2.01. The normalized spacial score (nSPS) is 10.9. The van der Waals surface area contributed by atoms with E-state index in [0.29, 0.717) is 17.1 Å². The van der Waals surface area contributed by atoms with Gasteiger partial charge in [0.05, 0.1) is 11.0 Å². The summed E-state index contributed by atoms with van der Waals surface area (Å²) in [7, 11) is 1.80. The highest BCUT2D eigenvalue weighted by Gasteiger charge is 2.13. The van der Waals surface area contributed by atoms with Crippen LogP contribution in [0.2, 0.25) is 5.02 Å². The van der Waals surface area contributed by atoms with Gasteiger partial charge < -0.3 is 4.90 Å². The van der Waals surface area contributed by atoms with Gasteiger partial charge in [-0.15, -0.1) is 0 Å². The molecule has 1 heterocycles. The Morgan fingerprint density at radius 3 is 2.44 bits per heavy atom. The first-order chi connectivity index (χ1) is 13.1. The second-order valence-electron chi connectivity index (χ2n) is 6.44. The molecule has 0 aliphatic heterocycles. The van der Waals surface area contributed by atoms with Crippen molar-refractivity contribution in [2.24, 2.45) is 0 Å². The van der Waals surface area contributed by atoms with E-state index >= 15 is 0 Å². The molecule has 0 atom stereocenters. The van der Waals surface area contributed by atoms with Crippen LogP contribution in [-0.4, -0.2) is 27.4 Å². The summed E-state index contributed by atoms with van der Waals surface area (Å²) in [6, 6.07) is 23.1. The summed E-state index contributed by atoms with van der Waals surface area (Å²) in [4.78, 5) is 18.8. The van der Waals surface area contributed by atoms with Crippen LogP contribution in [0.3, 0.4) is 0 Å². The van der Waals surface area contributed by atoms with Crippen LogP contribution >= 0.6 is 11.6 Å². The zero-order valence-electron chi connectivity index (χ0n) is 14.8. The third-order valence-corrected chi connectivity index (χ3v) is 4.78. The Balaban J connectivity index is 1.53. The number of hydrogen-bond donors (Lipinski definition) is 0. The molecular formula is C22H18ClN3O. The van der Waals surface area contributed by atoms with Crippen molar-refractivity contribution in [2.45, 2.75) is 6.54 Å². The highest BCUT2D eigenvalue weighted by atomic mass is 35.5. The number of fused-ring (bicyclic) bond motifs is 1. The fourth-order valence-corrected chi connectivity index (χ4v) is 3.21. The third-order valence-electron chi connectivity index (χ3n) is 4.53. The van der Waals surface area contributed by atoms with Crippen molar-refractivity contribution in [3.63, 3.8) is 0 Å². The number of benzene rings is 3. The molecular weight excluding hydrogens is 358 g/mol. The van der Waals surface area contributed by atoms with E-state index in [2.05, 4.69) is 4.98 Å². The number of para-hydroxylation sites is 2. The second-order valence-corrected chi connectivity index (χ2v) is 6.87. The van der Waals surface area contributed by atoms with Gasteiger partial charge in [0, 0.05) is 29.9 Å². The maximum atomic E-state index is 12.7. The molecule has 0 N–H and O–H groups in total. The first kappa shape index (κ1) is 17.3. The zero-order valence-corrected chi connectivity index (χ0v) is 15.6. The van der Waals surface area contributed by atoms with E-state index < -0.39 is 0 Å². The number of halogens is 1. The number of amides is 1. The average molecular weight is 376 g/mol. The third kappa shape index (κ3) is 3.57. The van der Waals surface area contributed by atoms with E-state index in [1.807, 2.05) is 77.4 Å². The molecule has 4 rings (SSSR count). The first-order valence-corrected chi connectivity index (χ1v) is 9.02. The van der Waals surface area contributed by atoms with Crippen LogP contribution in [0.15, 0.2) is 79.1 Å². The molecule has 1 aromatic heterocycles. The molecule has 1 amide bonds. The Hall–Kier alpha value is -3.11. The highest BCUT2D eigenvalue weighted by molar-refractivity contribution is 6.30. The van der Waals surface area contributed by atoms with Gasteiger partial charge in [0.25, 0.3) is 5.91 Å². The second kappa shape index (κ2) is 7.25. The summed E-state index contributed by atoms with van der Waals surface area (Å²) in [6.45, 7) is 0.532. The smallest absolute Gasteiger partial charge is 0.253 e. The van der Waals surface area contributed by atoms with E-state index in [0.717, 1.165) is 22.3 Å². The van der Waals surface area contributed by atoms with Crippen molar-refractivity contribution >= 4 is 28.5 Å². The van der Waals surface area contributed by atoms with Crippen molar-refractivity contribution < 1.29 is 4.79 Å². The molecule has 0 saturated carbocycles. The average Bonchev–Trinajstić information content (AvgIpc) is 3.13. The predicted molar refractivity (Wildman–Crippen MR) is 108 cm³/mol. The molecule has 27 heavy (non-hydrogen) atoms. The number of aromatic nitrogens is 2. The lowest BCUT2D eigenvalue weighted by molar-refractivity contribution is 0.0785. The lowest BCUT2D eigenvalue weighted by atomic mass is 10.1. The SMILES string of the molecule is CN(Cc1ccc(Cl)cc1)C(=O)c1ccc(-n2cnc3ccccc32)cc1. The van der Waals surface area contributed by atoms with E-state index in [-0.39, 0.29) is 5.91 Å². The molecule has 0 aliphatic rings. The topological polar surface area (TPSA) is 38.1 Å². The van der Waals surface area contributed by atoms with Crippen molar-refractivity contribution in [3.05, 3.63) is 95.3 Å². The molecule has 0 aliphatic carbocycles. The van der Waals surface area contributed by atoms with Crippen LogP contribution in [-0.2, 0) is 6.54 Å². The van der Waals surface area contributed by atoms with Gasteiger partial charge in [0.1, 0.15) is 6.33 Å². The van der Waals surface area contributed by atoms with E-state index in [1.54, 1.807) is 18.3 Å². The summed E-state index contributed by atoms with van der Waals surface area (Å²) in [5.41, 5.74) is 4.65. The van der Waals surface area contributed by atoms with E-state index in [9.17, 15) is 4.79 Å². The van der Waals surface area contributed by atoms with E-state index in [4.69, 9.17) is 11.6 Å². The zero-order chi connectivity index (χ0) is 18.8. The largest absolute Gasteiger partial charge is 0.337 e. The minimum absolute atomic E-state index is 0.0213. The van der Waals surface area contributed by atoms with Gasteiger partial charge in [0.15, 0.2) is 0 Å². The summed E-state index contributed by atoms with van der Waals surface area (Å²) in [5.74, 6) is -0.0213. The molecule has 0 unspecified atom stereocenters. The number of carbonyl (C=O) groups excluding carboxylic acids is 1. The van der Waals surface area contributed by atoms with Crippen LogP contribution in [0.25, 0.3) is 16.7 Å². The summed E-state index contributed by atoms with van der Waals surface area (Å²) in [5, 5.41) is 0.690. The minimum atomic E-state index is -0.0213. The maximum Gasteiger partial charge on any atom is 0.253 e. The van der Waals surface area contributed by atoms with Crippen LogP contribution in [0.5, 0.6) is 0 Å². The number of hydrogen-bond acceptors (Lipinski definition) is 2. The fraction of sp³-hybridized carbons (Fsp3) is 0.0909. The number of carbonyl (C=O) groups is 1. The molecule has 0 radical (unpaired) electrons. The molecule has 4 aromatic rings. The summed E-state index contributed by atoms with van der Waals surface area (Å²) >= 11 is 5.91. The van der Waals surface area contributed by atoms with Gasteiger partial charge in [-0.1, -0.05) is 35.9 Å². The Labute approximate surface area is 162 Å². The molecule has 0 saturated heterocycles. The van der Waals surface area contributed by atoms with Crippen LogP contribution in [0.4, 0.5) is 0 Å². The van der Waals surface area contributed by atoms with Gasteiger partial charge in [-0.3, -0.25) is 9.36 Å². The standard InChI is InChI=1S/C22H18ClN3O/c1-25(14-16-6-10-18(23)11-7-16)22(27)17-8-12-19(13-9-17)26-15-24-20-4-2-3-5-21(20)26/h2-13,15H,14H2,1H3. The number of nitrogens with zero attached hydrogens (tertiary/aromatic N) is 3. The van der Waals surface area contributed by atoms with Gasteiger partial charge in [-0.25, -0.2) is 4.98 Å². The van der Waals surface area contributed by atoms with Crippen LogP contribution < -0.4 is 0 Å². The Kier molecular flexibility index (Phi) is 4.65.